The molecule has 0 aliphatic rings. The molecule has 0 spiro atoms. The summed E-state index contributed by atoms with van der Waals surface area (Å²) in [6.07, 6.45) is 0.702. The van der Waals surface area contributed by atoms with Crippen LogP contribution < -0.4 is 5.73 Å². The van der Waals surface area contributed by atoms with E-state index in [-0.39, 0.29) is 10.6 Å². The number of halogens is 1. The number of benzene rings is 1. The number of nitrogens with two attached hydrogens (primary N) is 1. The third-order valence-corrected chi connectivity index (χ3v) is 4.07. The Kier molecular flexibility index (Phi) is 3.88. The highest BCUT2D eigenvalue weighted by molar-refractivity contribution is 7.89. The van der Waals surface area contributed by atoms with Crippen molar-refractivity contribution in [3.05, 3.63) is 24.0 Å². The van der Waals surface area contributed by atoms with Crippen LogP contribution in [0.3, 0.4) is 0 Å². The Morgan fingerprint density at radius 3 is 2.56 bits per heavy atom. The summed E-state index contributed by atoms with van der Waals surface area (Å²) in [6, 6.07) is 3.50. The van der Waals surface area contributed by atoms with Crippen molar-refractivity contribution in [3.8, 4) is 0 Å². The molecule has 0 saturated heterocycles. The highest BCUT2D eigenvalue weighted by atomic mass is 32.2. The zero-order valence-electron chi connectivity index (χ0n) is 9.27. The predicted octanol–water partition coefficient (Wildman–Crippen LogP) is 1.44. The first-order chi connectivity index (χ1) is 7.39. The average molecular weight is 246 g/mol. The lowest BCUT2D eigenvalue weighted by Crippen LogP contribution is -2.27. The number of hydrogen-bond donors (Lipinski definition) is 1. The summed E-state index contributed by atoms with van der Waals surface area (Å²) in [4.78, 5) is -0.0739. The van der Waals surface area contributed by atoms with E-state index in [2.05, 4.69) is 0 Å². The van der Waals surface area contributed by atoms with Crippen LogP contribution in [0.2, 0.25) is 0 Å². The van der Waals surface area contributed by atoms with Crippen LogP contribution in [0.25, 0.3) is 0 Å². The van der Waals surface area contributed by atoms with E-state index >= 15 is 0 Å². The molecule has 2 N–H and O–H groups in total. The van der Waals surface area contributed by atoms with Gasteiger partial charge < -0.3 is 5.73 Å². The normalized spacial score (nSPS) is 12.0. The maximum Gasteiger partial charge on any atom is 0.242 e. The minimum absolute atomic E-state index is 0.0582. The molecule has 0 aromatic heterocycles. The second-order valence-electron chi connectivity index (χ2n) is 3.51. The standard InChI is InChI=1S/C10H15FN2O2S/c1-3-6-13(2)16(14,15)8-4-5-10(12)9(11)7-8/h4-5,7H,3,6,12H2,1-2H3. The Morgan fingerprint density at radius 1 is 1.44 bits per heavy atom. The summed E-state index contributed by atoms with van der Waals surface area (Å²) in [5.74, 6) is -0.717. The fraction of sp³-hybridized carbons (Fsp3) is 0.400. The second-order valence-corrected chi connectivity index (χ2v) is 5.55. The largest absolute Gasteiger partial charge is 0.396 e. The van der Waals surface area contributed by atoms with Gasteiger partial charge in [-0.15, -0.1) is 0 Å². The lowest BCUT2D eigenvalue weighted by Gasteiger charge is -2.16. The van der Waals surface area contributed by atoms with Crippen LogP contribution in [0, 0.1) is 5.82 Å². The van der Waals surface area contributed by atoms with Gasteiger partial charge in [0.15, 0.2) is 0 Å². The third-order valence-electron chi connectivity index (χ3n) is 2.22. The second kappa shape index (κ2) is 4.80. The van der Waals surface area contributed by atoms with Gasteiger partial charge in [0.25, 0.3) is 0 Å². The first-order valence-corrected chi connectivity index (χ1v) is 6.35. The Morgan fingerprint density at radius 2 is 2.06 bits per heavy atom. The highest BCUT2D eigenvalue weighted by Gasteiger charge is 2.20. The molecule has 1 aromatic rings. The monoisotopic (exact) mass is 246 g/mol. The molecular weight excluding hydrogens is 231 g/mol. The maximum atomic E-state index is 13.2. The van der Waals surface area contributed by atoms with Crippen LogP contribution in [0.15, 0.2) is 23.1 Å². The molecule has 1 aromatic carbocycles. The van der Waals surface area contributed by atoms with Gasteiger partial charge in [-0.05, 0) is 24.6 Å². The van der Waals surface area contributed by atoms with Crippen molar-refractivity contribution in [2.75, 3.05) is 19.3 Å². The molecule has 0 saturated carbocycles. The van der Waals surface area contributed by atoms with E-state index in [1.54, 1.807) is 0 Å². The van der Waals surface area contributed by atoms with Crippen molar-refractivity contribution in [1.82, 2.24) is 4.31 Å². The molecule has 1 rings (SSSR count). The molecule has 0 radical (unpaired) electrons. The fourth-order valence-corrected chi connectivity index (χ4v) is 2.56. The van der Waals surface area contributed by atoms with Gasteiger partial charge in [0.05, 0.1) is 10.6 Å². The van der Waals surface area contributed by atoms with Crippen LogP contribution in [0.4, 0.5) is 10.1 Å². The molecule has 16 heavy (non-hydrogen) atoms. The van der Waals surface area contributed by atoms with Crippen molar-refractivity contribution in [3.63, 3.8) is 0 Å². The van der Waals surface area contributed by atoms with Crippen LogP contribution >= 0.6 is 0 Å². The first kappa shape index (κ1) is 12.9. The summed E-state index contributed by atoms with van der Waals surface area (Å²) in [5.41, 5.74) is 5.23. The number of sulfonamides is 1. The van der Waals surface area contributed by atoms with Crippen LogP contribution in [0.5, 0.6) is 0 Å². The lowest BCUT2D eigenvalue weighted by molar-refractivity contribution is 0.468. The highest BCUT2D eigenvalue weighted by Crippen LogP contribution is 2.19. The van der Waals surface area contributed by atoms with Gasteiger partial charge >= 0.3 is 0 Å². The Bertz CT molecular complexity index is 474. The van der Waals surface area contributed by atoms with Crippen LogP contribution in [0.1, 0.15) is 13.3 Å². The van der Waals surface area contributed by atoms with Crippen molar-refractivity contribution < 1.29 is 12.8 Å². The Labute approximate surface area is 94.9 Å². The SMILES string of the molecule is CCCN(C)S(=O)(=O)c1ccc(N)c(F)c1. The van der Waals surface area contributed by atoms with Crippen LogP contribution in [-0.2, 0) is 10.0 Å². The summed E-state index contributed by atoms with van der Waals surface area (Å²) in [6.45, 7) is 2.27. The van der Waals surface area contributed by atoms with Gasteiger partial charge in [0.2, 0.25) is 10.0 Å². The molecule has 0 fully saturated rings. The Balaban J connectivity index is 3.12. The molecule has 0 amide bonds. The average Bonchev–Trinajstić information content (AvgIpc) is 2.22. The van der Waals surface area contributed by atoms with E-state index in [0.29, 0.717) is 13.0 Å². The summed E-state index contributed by atoms with van der Waals surface area (Å²) in [5, 5.41) is 0. The molecular formula is C10H15FN2O2S. The number of rotatable bonds is 4. The minimum Gasteiger partial charge on any atom is -0.396 e. The summed E-state index contributed by atoms with van der Waals surface area (Å²) >= 11 is 0. The number of hydrogen-bond acceptors (Lipinski definition) is 3. The van der Waals surface area contributed by atoms with Gasteiger partial charge in [0, 0.05) is 13.6 Å². The number of nitrogens with zero attached hydrogens (tertiary/aromatic N) is 1. The summed E-state index contributed by atoms with van der Waals surface area (Å²) in [7, 11) is -2.14. The van der Waals surface area contributed by atoms with Gasteiger partial charge in [0.1, 0.15) is 5.82 Å². The lowest BCUT2D eigenvalue weighted by atomic mass is 10.3. The quantitative estimate of drug-likeness (QED) is 0.818. The van der Waals surface area contributed by atoms with Crippen molar-refractivity contribution in [2.45, 2.75) is 18.2 Å². The summed E-state index contributed by atoms with van der Waals surface area (Å²) < 4.78 is 38.2. The molecule has 4 nitrogen and oxygen atoms in total. The van der Waals surface area contributed by atoms with Crippen molar-refractivity contribution >= 4 is 15.7 Å². The molecule has 0 unspecified atom stereocenters. The van der Waals surface area contributed by atoms with E-state index < -0.39 is 15.8 Å². The first-order valence-electron chi connectivity index (χ1n) is 4.91. The molecule has 0 aliphatic carbocycles. The Hall–Kier alpha value is -1.14. The van der Waals surface area contributed by atoms with Gasteiger partial charge in [-0.3, -0.25) is 0 Å². The zero-order valence-corrected chi connectivity index (χ0v) is 10.1. The predicted molar refractivity (Wildman–Crippen MR) is 60.9 cm³/mol. The van der Waals surface area contributed by atoms with Gasteiger partial charge in [-0.2, -0.15) is 0 Å². The molecule has 90 valence electrons. The maximum absolute atomic E-state index is 13.2. The fourth-order valence-electron chi connectivity index (χ4n) is 1.28. The van der Waals surface area contributed by atoms with E-state index in [9.17, 15) is 12.8 Å². The van der Waals surface area contributed by atoms with E-state index in [4.69, 9.17) is 5.73 Å². The number of nitrogen functional groups attached to an aromatic ring is 1. The van der Waals surface area contributed by atoms with Gasteiger partial charge in [-0.1, -0.05) is 6.92 Å². The van der Waals surface area contributed by atoms with E-state index in [0.717, 1.165) is 6.07 Å². The minimum atomic E-state index is -3.60. The third kappa shape index (κ3) is 2.51. The molecule has 6 heteroatoms. The van der Waals surface area contributed by atoms with Gasteiger partial charge in [-0.25, -0.2) is 17.1 Å². The van der Waals surface area contributed by atoms with Crippen LogP contribution in [-0.4, -0.2) is 26.3 Å². The van der Waals surface area contributed by atoms with E-state index in [1.165, 1.54) is 23.5 Å². The molecule has 0 aliphatic heterocycles. The van der Waals surface area contributed by atoms with Crippen molar-refractivity contribution in [1.29, 1.82) is 0 Å². The smallest absolute Gasteiger partial charge is 0.242 e. The zero-order chi connectivity index (χ0) is 12.3. The van der Waals surface area contributed by atoms with E-state index in [1.807, 2.05) is 6.92 Å². The number of anilines is 1. The van der Waals surface area contributed by atoms with Crippen molar-refractivity contribution in [2.24, 2.45) is 0 Å². The molecule has 0 heterocycles. The topological polar surface area (TPSA) is 63.4 Å². The molecule has 0 atom stereocenters. The molecule has 0 bridgehead atoms.